The molecule has 7 atom stereocenters. The van der Waals surface area contributed by atoms with Crippen LogP contribution >= 0.6 is 0 Å². The van der Waals surface area contributed by atoms with Crippen LogP contribution in [0.3, 0.4) is 0 Å². The molecule has 6 N–H and O–H groups in total. The first-order valence-corrected chi connectivity index (χ1v) is 9.71. The van der Waals surface area contributed by atoms with E-state index in [0.29, 0.717) is 36.3 Å². The third-order valence-corrected chi connectivity index (χ3v) is 6.23. The Balaban J connectivity index is 1.66. The van der Waals surface area contributed by atoms with Crippen LogP contribution in [0.1, 0.15) is 46.5 Å². The zero-order valence-corrected chi connectivity index (χ0v) is 15.4. The average molecular weight is 341 g/mol. The van der Waals surface area contributed by atoms with E-state index in [4.69, 9.17) is 0 Å². The van der Waals surface area contributed by atoms with Crippen molar-refractivity contribution >= 4 is 0 Å². The second-order valence-electron chi connectivity index (χ2n) is 8.96. The Morgan fingerprint density at radius 1 is 1.08 bits per heavy atom. The van der Waals surface area contributed by atoms with Crippen LogP contribution in [0.5, 0.6) is 0 Å². The fraction of sp³-hybridized carbons (Fsp3) is 1.00. The summed E-state index contributed by atoms with van der Waals surface area (Å²) < 4.78 is 0. The molecule has 1 aliphatic carbocycles. The van der Waals surface area contributed by atoms with E-state index in [1.165, 1.54) is 6.42 Å². The highest BCUT2D eigenvalue weighted by Crippen LogP contribution is 2.38. The number of aliphatic hydroxyl groups excluding tert-OH is 1. The van der Waals surface area contributed by atoms with Crippen molar-refractivity contribution < 1.29 is 10.2 Å². The standard InChI is InChI=1S/C18H36N4O2/c1-11-4-5-13(15(23)8-11)16-12-6-7-19-9-14(12)17(22-21-16)20-10-18(2,3)24/h11-17,19-24H,4-10H2,1-3H3. The quantitative estimate of drug-likeness (QED) is 0.437. The van der Waals surface area contributed by atoms with E-state index in [-0.39, 0.29) is 12.3 Å². The molecule has 140 valence electrons. The van der Waals surface area contributed by atoms with E-state index in [0.717, 1.165) is 32.4 Å². The maximum absolute atomic E-state index is 10.6. The number of fused-ring (bicyclic) bond motifs is 1. The maximum atomic E-state index is 10.6. The fourth-order valence-electron chi connectivity index (χ4n) is 4.89. The summed E-state index contributed by atoms with van der Waals surface area (Å²) in [5, 5.41) is 27.6. The summed E-state index contributed by atoms with van der Waals surface area (Å²) in [4.78, 5) is 0. The number of hydrogen-bond donors (Lipinski definition) is 6. The average Bonchev–Trinajstić information content (AvgIpc) is 2.52. The summed E-state index contributed by atoms with van der Waals surface area (Å²) in [5.41, 5.74) is 6.27. The van der Waals surface area contributed by atoms with Gasteiger partial charge in [-0.1, -0.05) is 13.3 Å². The van der Waals surface area contributed by atoms with Gasteiger partial charge in [-0.15, -0.1) is 0 Å². The van der Waals surface area contributed by atoms with Crippen molar-refractivity contribution in [3.05, 3.63) is 0 Å². The van der Waals surface area contributed by atoms with Crippen molar-refractivity contribution in [1.29, 1.82) is 0 Å². The van der Waals surface area contributed by atoms with Gasteiger partial charge in [-0.05, 0) is 51.5 Å². The van der Waals surface area contributed by atoms with Gasteiger partial charge >= 0.3 is 0 Å². The summed E-state index contributed by atoms with van der Waals surface area (Å²) in [5.74, 6) is 2.01. The van der Waals surface area contributed by atoms with E-state index >= 15 is 0 Å². The molecule has 3 aliphatic rings. The largest absolute Gasteiger partial charge is 0.393 e. The lowest BCUT2D eigenvalue weighted by Gasteiger charge is -2.51. The van der Waals surface area contributed by atoms with Crippen molar-refractivity contribution in [3.8, 4) is 0 Å². The third-order valence-electron chi connectivity index (χ3n) is 6.23. The molecule has 0 spiro atoms. The third kappa shape index (κ3) is 4.29. The van der Waals surface area contributed by atoms with E-state index in [9.17, 15) is 10.2 Å². The van der Waals surface area contributed by atoms with Crippen molar-refractivity contribution in [3.63, 3.8) is 0 Å². The molecule has 0 aromatic rings. The van der Waals surface area contributed by atoms with Crippen LogP contribution in [-0.2, 0) is 0 Å². The predicted molar refractivity (Wildman–Crippen MR) is 95.1 cm³/mol. The Bertz CT molecular complexity index is 414. The van der Waals surface area contributed by atoms with Gasteiger partial charge in [0.1, 0.15) is 0 Å². The zero-order chi connectivity index (χ0) is 17.3. The zero-order valence-electron chi connectivity index (χ0n) is 15.4. The summed E-state index contributed by atoms with van der Waals surface area (Å²) >= 11 is 0. The number of nitrogens with one attached hydrogen (secondary N) is 4. The normalized spacial score (nSPS) is 44.1. The van der Waals surface area contributed by atoms with Gasteiger partial charge in [0.25, 0.3) is 0 Å². The molecule has 0 bridgehead atoms. The Kier molecular flexibility index (Phi) is 5.84. The van der Waals surface area contributed by atoms with Crippen LogP contribution in [0, 0.1) is 23.7 Å². The van der Waals surface area contributed by atoms with Gasteiger partial charge in [0.15, 0.2) is 0 Å². The number of piperidine rings is 1. The van der Waals surface area contributed by atoms with Crippen molar-refractivity contribution in [2.75, 3.05) is 19.6 Å². The molecule has 2 heterocycles. The van der Waals surface area contributed by atoms with Crippen molar-refractivity contribution in [1.82, 2.24) is 21.5 Å². The SMILES string of the molecule is CC1CCC(C2NNC(NCC(C)(C)O)C3CNCCC32)C(O)C1. The fourth-order valence-corrected chi connectivity index (χ4v) is 4.89. The first kappa shape index (κ1) is 18.5. The van der Waals surface area contributed by atoms with Gasteiger partial charge in [-0.3, -0.25) is 10.7 Å². The molecule has 0 radical (unpaired) electrons. The molecule has 2 aliphatic heterocycles. The summed E-state index contributed by atoms with van der Waals surface area (Å²) in [6.07, 6.45) is 4.35. The van der Waals surface area contributed by atoms with Crippen molar-refractivity contribution in [2.45, 2.75) is 70.4 Å². The van der Waals surface area contributed by atoms with E-state index in [1.54, 1.807) is 0 Å². The lowest BCUT2D eigenvalue weighted by Crippen LogP contribution is -2.71. The van der Waals surface area contributed by atoms with E-state index in [1.807, 2.05) is 13.8 Å². The van der Waals surface area contributed by atoms with Crippen LogP contribution in [0.2, 0.25) is 0 Å². The topological polar surface area (TPSA) is 88.6 Å². The van der Waals surface area contributed by atoms with Crippen molar-refractivity contribution in [2.24, 2.45) is 23.7 Å². The Labute approximate surface area is 146 Å². The molecule has 0 amide bonds. The number of hydrogen-bond acceptors (Lipinski definition) is 6. The monoisotopic (exact) mass is 340 g/mol. The van der Waals surface area contributed by atoms with E-state index in [2.05, 4.69) is 28.4 Å². The minimum absolute atomic E-state index is 0.144. The lowest BCUT2D eigenvalue weighted by molar-refractivity contribution is -0.0325. The van der Waals surface area contributed by atoms with Crippen LogP contribution in [-0.4, -0.2) is 53.8 Å². The van der Waals surface area contributed by atoms with Gasteiger partial charge in [-0.25, -0.2) is 5.43 Å². The molecule has 3 rings (SSSR count). The highest BCUT2D eigenvalue weighted by Gasteiger charge is 2.46. The minimum Gasteiger partial charge on any atom is -0.393 e. The van der Waals surface area contributed by atoms with Crippen LogP contribution in [0.15, 0.2) is 0 Å². The Morgan fingerprint density at radius 3 is 2.58 bits per heavy atom. The number of hydrazine groups is 1. The number of rotatable bonds is 4. The second-order valence-corrected chi connectivity index (χ2v) is 8.96. The summed E-state index contributed by atoms with van der Waals surface area (Å²) in [7, 11) is 0. The maximum Gasteiger partial charge on any atom is 0.0749 e. The first-order chi connectivity index (χ1) is 11.3. The Hall–Kier alpha value is -0.240. The van der Waals surface area contributed by atoms with Crippen LogP contribution in [0.4, 0.5) is 0 Å². The molecule has 6 nitrogen and oxygen atoms in total. The molecule has 0 aromatic carbocycles. The molecule has 2 saturated heterocycles. The molecule has 1 saturated carbocycles. The minimum atomic E-state index is -0.716. The van der Waals surface area contributed by atoms with Gasteiger partial charge in [0.05, 0.1) is 17.9 Å². The highest BCUT2D eigenvalue weighted by molar-refractivity contribution is 5.00. The molecule has 24 heavy (non-hydrogen) atoms. The lowest BCUT2D eigenvalue weighted by atomic mass is 9.68. The molecule has 6 heteroatoms. The van der Waals surface area contributed by atoms with Crippen LogP contribution in [0.25, 0.3) is 0 Å². The molecular weight excluding hydrogens is 304 g/mol. The first-order valence-electron chi connectivity index (χ1n) is 9.71. The van der Waals surface area contributed by atoms with Gasteiger partial charge in [-0.2, -0.15) is 0 Å². The molecule has 3 fully saturated rings. The van der Waals surface area contributed by atoms with Gasteiger partial charge < -0.3 is 15.5 Å². The molecule has 7 unspecified atom stereocenters. The highest BCUT2D eigenvalue weighted by atomic mass is 16.3. The Morgan fingerprint density at radius 2 is 1.88 bits per heavy atom. The van der Waals surface area contributed by atoms with Gasteiger partial charge in [0, 0.05) is 31.0 Å². The number of aliphatic hydroxyl groups is 2. The predicted octanol–water partition coefficient (Wildman–Crippen LogP) is 0.172. The smallest absolute Gasteiger partial charge is 0.0749 e. The molecule has 0 aromatic heterocycles. The second kappa shape index (κ2) is 7.56. The molecular formula is C18H36N4O2. The summed E-state index contributed by atoms with van der Waals surface area (Å²) in [6.45, 7) is 8.50. The van der Waals surface area contributed by atoms with Crippen LogP contribution < -0.4 is 21.5 Å². The van der Waals surface area contributed by atoms with E-state index < -0.39 is 5.60 Å². The summed E-state index contributed by atoms with van der Waals surface area (Å²) in [6, 6.07) is 0.333. The van der Waals surface area contributed by atoms with Gasteiger partial charge in [0.2, 0.25) is 0 Å².